The third-order valence-corrected chi connectivity index (χ3v) is 5.22. The number of nitrogens with one attached hydrogen (secondary N) is 2. The second kappa shape index (κ2) is 8.31. The molecule has 7 nitrogen and oxygen atoms in total. The van der Waals surface area contributed by atoms with E-state index in [1.165, 1.54) is 11.1 Å². The van der Waals surface area contributed by atoms with Crippen molar-refractivity contribution in [3.8, 4) is 0 Å². The van der Waals surface area contributed by atoms with Gasteiger partial charge in [0.15, 0.2) is 0 Å². The van der Waals surface area contributed by atoms with E-state index in [2.05, 4.69) is 44.4 Å². The molecule has 2 heterocycles. The lowest BCUT2D eigenvalue weighted by molar-refractivity contribution is -0.124. The molecule has 2 aromatic carbocycles. The molecule has 0 bridgehead atoms. The number of carbonyl (C=O) groups is 1. The molecule has 0 spiro atoms. The van der Waals surface area contributed by atoms with Crippen molar-refractivity contribution >= 4 is 5.91 Å². The van der Waals surface area contributed by atoms with Crippen molar-refractivity contribution in [3.63, 3.8) is 0 Å². The highest BCUT2D eigenvalue weighted by atomic mass is 16.2. The number of tetrazole rings is 1. The summed E-state index contributed by atoms with van der Waals surface area (Å²) < 4.78 is 1.60. The Morgan fingerprint density at radius 1 is 1.21 bits per heavy atom. The van der Waals surface area contributed by atoms with Crippen LogP contribution in [-0.2, 0) is 17.6 Å². The molecule has 7 heteroatoms. The zero-order valence-electron chi connectivity index (χ0n) is 15.9. The van der Waals surface area contributed by atoms with Crippen LogP contribution in [0.15, 0.2) is 54.6 Å². The van der Waals surface area contributed by atoms with Gasteiger partial charge in [0.1, 0.15) is 11.9 Å². The zero-order chi connectivity index (χ0) is 19.3. The number of carbonyl (C=O) groups excluding carboxylic acids is 1. The quantitative estimate of drug-likeness (QED) is 0.685. The summed E-state index contributed by atoms with van der Waals surface area (Å²) in [5.41, 5.74) is 3.67. The van der Waals surface area contributed by atoms with Crippen LogP contribution in [0.2, 0.25) is 0 Å². The highest BCUT2D eigenvalue weighted by molar-refractivity contribution is 5.80. The molecular formula is C21H24N6O. The van der Waals surface area contributed by atoms with E-state index in [9.17, 15) is 4.79 Å². The maximum absolute atomic E-state index is 13.1. The normalized spacial score (nSPS) is 17.0. The summed E-state index contributed by atoms with van der Waals surface area (Å²) in [6, 6.07) is 18.0. The molecule has 1 aliphatic rings. The fourth-order valence-electron chi connectivity index (χ4n) is 3.75. The van der Waals surface area contributed by atoms with Gasteiger partial charge in [0, 0.05) is 19.0 Å². The lowest BCUT2D eigenvalue weighted by atomic mass is 9.94. The van der Waals surface area contributed by atoms with Gasteiger partial charge in [-0.3, -0.25) is 4.79 Å². The SMILES string of the molecule is Cc1nnnn1C(Cc1ccccc1)C(=O)NCC1NCCc2ccccc21. The van der Waals surface area contributed by atoms with Gasteiger partial charge in [-0.05, 0) is 47.0 Å². The molecule has 0 saturated heterocycles. The number of amides is 1. The van der Waals surface area contributed by atoms with Crippen LogP contribution >= 0.6 is 0 Å². The van der Waals surface area contributed by atoms with E-state index in [-0.39, 0.29) is 11.9 Å². The first-order valence-electron chi connectivity index (χ1n) is 9.59. The van der Waals surface area contributed by atoms with Crippen molar-refractivity contribution in [2.24, 2.45) is 0 Å². The van der Waals surface area contributed by atoms with E-state index in [0.29, 0.717) is 18.8 Å². The summed E-state index contributed by atoms with van der Waals surface area (Å²) >= 11 is 0. The molecule has 2 atom stereocenters. The average molecular weight is 376 g/mol. The van der Waals surface area contributed by atoms with E-state index >= 15 is 0 Å². The topological polar surface area (TPSA) is 84.7 Å². The van der Waals surface area contributed by atoms with Crippen LogP contribution in [0.3, 0.4) is 0 Å². The average Bonchev–Trinajstić information content (AvgIpc) is 3.16. The van der Waals surface area contributed by atoms with Gasteiger partial charge < -0.3 is 10.6 Å². The van der Waals surface area contributed by atoms with Crippen LogP contribution in [0.5, 0.6) is 0 Å². The second-order valence-electron chi connectivity index (χ2n) is 7.08. The number of nitrogens with zero attached hydrogens (tertiary/aromatic N) is 4. The Kier molecular flexibility index (Phi) is 5.43. The van der Waals surface area contributed by atoms with Gasteiger partial charge >= 0.3 is 0 Å². The van der Waals surface area contributed by atoms with Crippen molar-refractivity contribution in [3.05, 3.63) is 77.1 Å². The van der Waals surface area contributed by atoms with Gasteiger partial charge in [0.05, 0.1) is 0 Å². The smallest absolute Gasteiger partial charge is 0.245 e. The summed E-state index contributed by atoms with van der Waals surface area (Å²) in [6.07, 6.45) is 1.55. The molecule has 0 radical (unpaired) electrons. The lowest BCUT2D eigenvalue weighted by Crippen LogP contribution is -2.42. The standard InChI is InChI=1S/C21H24N6O/c1-15-24-25-26-27(15)20(13-16-7-3-2-4-8-16)21(28)23-14-19-18-10-6-5-9-17(18)11-12-22-19/h2-10,19-20,22H,11-14H2,1H3,(H,23,28). The third-order valence-electron chi connectivity index (χ3n) is 5.22. The van der Waals surface area contributed by atoms with Crippen molar-refractivity contribution in [1.29, 1.82) is 0 Å². The third kappa shape index (κ3) is 3.94. The van der Waals surface area contributed by atoms with Crippen LogP contribution in [-0.4, -0.2) is 39.2 Å². The van der Waals surface area contributed by atoms with Crippen molar-refractivity contribution in [1.82, 2.24) is 30.8 Å². The molecule has 2 unspecified atom stereocenters. The molecule has 0 fully saturated rings. The minimum absolute atomic E-state index is 0.0795. The largest absolute Gasteiger partial charge is 0.352 e. The maximum Gasteiger partial charge on any atom is 0.245 e. The zero-order valence-corrected chi connectivity index (χ0v) is 15.9. The Morgan fingerprint density at radius 3 is 2.79 bits per heavy atom. The Morgan fingerprint density at radius 2 is 2.00 bits per heavy atom. The molecule has 0 saturated carbocycles. The predicted octanol–water partition coefficient (Wildman–Crippen LogP) is 1.77. The first-order chi connectivity index (χ1) is 13.7. The fourth-order valence-corrected chi connectivity index (χ4v) is 3.75. The Bertz CT molecular complexity index is 939. The van der Waals surface area contributed by atoms with Gasteiger partial charge in [-0.1, -0.05) is 54.6 Å². The highest BCUT2D eigenvalue weighted by Crippen LogP contribution is 2.22. The van der Waals surface area contributed by atoms with Gasteiger partial charge in [-0.2, -0.15) is 0 Å². The van der Waals surface area contributed by atoms with Crippen molar-refractivity contribution in [2.45, 2.75) is 31.8 Å². The van der Waals surface area contributed by atoms with Crippen LogP contribution in [0, 0.1) is 6.92 Å². The van der Waals surface area contributed by atoms with Gasteiger partial charge in [0.25, 0.3) is 0 Å². The number of rotatable bonds is 6. The highest BCUT2D eigenvalue weighted by Gasteiger charge is 2.26. The van der Waals surface area contributed by atoms with Crippen molar-refractivity contribution < 1.29 is 4.79 Å². The molecule has 4 rings (SSSR count). The lowest BCUT2D eigenvalue weighted by Gasteiger charge is -2.28. The Hall–Kier alpha value is -3.06. The minimum atomic E-state index is -0.490. The summed E-state index contributed by atoms with van der Waals surface area (Å²) in [4.78, 5) is 13.1. The molecule has 144 valence electrons. The number of aromatic nitrogens is 4. The molecule has 0 aliphatic carbocycles. The fraction of sp³-hybridized carbons (Fsp3) is 0.333. The van der Waals surface area contributed by atoms with Crippen LogP contribution in [0.25, 0.3) is 0 Å². The molecule has 1 aromatic heterocycles. The van der Waals surface area contributed by atoms with Crippen LogP contribution < -0.4 is 10.6 Å². The summed E-state index contributed by atoms with van der Waals surface area (Å²) in [6.45, 7) is 3.25. The molecular weight excluding hydrogens is 352 g/mol. The van der Waals surface area contributed by atoms with Crippen LogP contribution in [0.4, 0.5) is 0 Å². The maximum atomic E-state index is 13.1. The first-order valence-corrected chi connectivity index (χ1v) is 9.59. The molecule has 3 aromatic rings. The van der Waals surface area contributed by atoms with E-state index < -0.39 is 6.04 Å². The number of aryl methyl sites for hydroxylation is 1. The van der Waals surface area contributed by atoms with Crippen LogP contribution in [0.1, 0.15) is 34.6 Å². The number of benzene rings is 2. The first kappa shape index (κ1) is 18.3. The predicted molar refractivity (Wildman–Crippen MR) is 106 cm³/mol. The Balaban J connectivity index is 1.50. The summed E-state index contributed by atoms with van der Waals surface area (Å²) in [5, 5.41) is 18.3. The van der Waals surface area contributed by atoms with Gasteiger partial charge in [-0.25, -0.2) is 4.68 Å². The minimum Gasteiger partial charge on any atom is -0.352 e. The summed E-state index contributed by atoms with van der Waals surface area (Å²) in [7, 11) is 0. The molecule has 28 heavy (non-hydrogen) atoms. The molecule has 2 N–H and O–H groups in total. The van der Waals surface area contributed by atoms with E-state index in [1.807, 2.05) is 43.3 Å². The van der Waals surface area contributed by atoms with Gasteiger partial charge in [0.2, 0.25) is 5.91 Å². The number of fused-ring (bicyclic) bond motifs is 1. The van der Waals surface area contributed by atoms with E-state index in [4.69, 9.17) is 0 Å². The van der Waals surface area contributed by atoms with Gasteiger partial charge in [-0.15, -0.1) is 5.10 Å². The Labute approximate surface area is 164 Å². The number of hydrogen-bond donors (Lipinski definition) is 2. The summed E-state index contributed by atoms with van der Waals surface area (Å²) in [5.74, 6) is 0.543. The van der Waals surface area contributed by atoms with E-state index in [0.717, 1.165) is 18.5 Å². The second-order valence-corrected chi connectivity index (χ2v) is 7.08. The van der Waals surface area contributed by atoms with E-state index in [1.54, 1.807) is 4.68 Å². The monoisotopic (exact) mass is 376 g/mol. The van der Waals surface area contributed by atoms with Crippen molar-refractivity contribution in [2.75, 3.05) is 13.1 Å². The number of hydrogen-bond acceptors (Lipinski definition) is 5. The molecule has 1 amide bonds. The molecule has 1 aliphatic heterocycles.